The van der Waals surface area contributed by atoms with Gasteiger partial charge in [-0.1, -0.05) is 30.7 Å². The van der Waals surface area contributed by atoms with Gasteiger partial charge in [-0.15, -0.1) is 0 Å². The molecule has 6 nitrogen and oxygen atoms in total. The zero-order valence-electron chi connectivity index (χ0n) is 16.9. The predicted octanol–water partition coefficient (Wildman–Crippen LogP) is 3.74. The van der Waals surface area contributed by atoms with E-state index in [2.05, 4.69) is 49.8 Å². The van der Waals surface area contributed by atoms with Gasteiger partial charge in [-0.3, -0.25) is 9.13 Å². The van der Waals surface area contributed by atoms with Gasteiger partial charge in [0, 0.05) is 36.7 Å². The molecule has 0 amide bonds. The quantitative estimate of drug-likeness (QED) is 0.513. The van der Waals surface area contributed by atoms with E-state index in [-0.39, 0.29) is 5.69 Å². The number of hydrogen-bond acceptors (Lipinski definition) is 4. The molecule has 3 heterocycles. The van der Waals surface area contributed by atoms with Crippen molar-refractivity contribution in [2.45, 2.75) is 25.8 Å². The summed E-state index contributed by atoms with van der Waals surface area (Å²) in [5, 5.41) is 0. The molecule has 0 bridgehead atoms. The summed E-state index contributed by atoms with van der Waals surface area (Å²) in [7, 11) is 0. The molecule has 1 aliphatic heterocycles. The van der Waals surface area contributed by atoms with Crippen molar-refractivity contribution in [3.05, 3.63) is 77.7 Å². The molecule has 6 heteroatoms. The van der Waals surface area contributed by atoms with Crippen LogP contribution in [0.3, 0.4) is 0 Å². The maximum atomic E-state index is 12.3. The molecule has 1 aliphatic rings. The Kier molecular flexibility index (Phi) is 5.15. The van der Waals surface area contributed by atoms with Crippen molar-refractivity contribution in [1.29, 1.82) is 0 Å². The van der Waals surface area contributed by atoms with Gasteiger partial charge in [-0.05, 0) is 55.8 Å². The SMILES string of the molecule is O=c1ncc(-c2ccc3c(c2)ncn3-c2ccccc2)cn1CCN1CCCCC1. The van der Waals surface area contributed by atoms with Gasteiger partial charge in [-0.2, -0.15) is 0 Å². The topological polar surface area (TPSA) is 56.0 Å². The summed E-state index contributed by atoms with van der Waals surface area (Å²) in [6, 6.07) is 16.4. The van der Waals surface area contributed by atoms with E-state index in [1.165, 1.54) is 19.3 Å². The Hall–Kier alpha value is -3.25. The number of hydrogen-bond donors (Lipinski definition) is 0. The Bertz CT molecular complexity index is 1210. The van der Waals surface area contributed by atoms with Crippen LogP contribution in [0.1, 0.15) is 19.3 Å². The second-order valence-corrected chi connectivity index (χ2v) is 7.87. The first-order valence-electron chi connectivity index (χ1n) is 10.6. The minimum atomic E-state index is -0.190. The summed E-state index contributed by atoms with van der Waals surface area (Å²) in [4.78, 5) is 23.4. The Balaban J connectivity index is 1.41. The van der Waals surface area contributed by atoms with Crippen molar-refractivity contribution in [2.24, 2.45) is 0 Å². The lowest BCUT2D eigenvalue weighted by Gasteiger charge is -2.26. The highest BCUT2D eigenvalue weighted by atomic mass is 16.1. The normalized spacial score (nSPS) is 14.9. The largest absolute Gasteiger partial charge is 0.347 e. The molecule has 152 valence electrons. The Morgan fingerprint density at radius 2 is 1.70 bits per heavy atom. The Morgan fingerprint density at radius 1 is 0.867 bits per heavy atom. The van der Waals surface area contributed by atoms with Gasteiger partial charge in [0.05, 0.1) is 11.0 Å². The predicted molar refractivity (Wildman–Crippen MR) is 119 cm³/mol. The number of imidazole rings is 1. The average molecular weight is 399 g/mol. The van der Waals surface area contributed by atoms with E-state index in [1.807, 2.05) is 30.7 Å². The molecule has 0 spiro atoms. The van der Waals surface area contributed by atoms with E-state index in [0.717, 1.165) is 47.5 Å². The summed E-state index contributed by atoms with van der Waals surface area (Å²) in [6.45, 7) is 3.82. The number of aromatic nitrogens is 4. The van der Waals surface area contributed by atoms with Crippen LogP contribution in [0.25, 0.3) is 27.8 Å². The van der Waals surface area contributed by atoms with Gasteiger partial charge in [0.25, 0.3) is 0 Å². The van der Waals surface area contributed by atoms with Crippen molar-refractivity contribution < 1.29 is 0 Å². The second kappa shape index (κ2) is 8.24. The molecule has 0 atom stereocenters. The first-order valence-corrected chi connectivity index (χ1v) is 10.6. The maximum absolute atomic E-state index is 12.3. The van der Waals surface area contributed by atoms with Crippen molar-refractivity contribution in [1.82, 2.24) is 24.0 Å². The number of likely N-dealkylation sites (tertiary alicyclic amines) is 1. The van der Waals surface area contributed by atoms with Crippen LogP contribution in [0.2, 0.25) is 0 Å². The molecular formula is C24H25N5O. The molecule has 30 heavy (non-hydrogen) atoms. The highest BCUT2D eigenvalue weighted by molar-refractivity contribution is 5.83. The third kappa shape index (κ3) is 3.78. The first kappa shape index (κ1) is 18.8. The van der Waals surface area contributed by atoms with Crippen molar-refractivity contribution >= 4 is 11.0 Å². The summed E-state index contributed by atoms with van der Waals surface area (Å²) in [5.41, 5.74) is 4.81. The van der Waals surface area contributed by atoms with Gasteiger partial charge in [0.2, 0.25) is 0 Å². The molecule has 1 saturated heterocycles. The monoisotopic (exact) mass is 399 g/mol. The molecule has 0 unspecified atom stereocenters. The summed E-state index contributed by atoms with van der Waals surface area (Å²) in [6.07, 6.45) is 9.26. The molecule has 5 rings (SSSR count). The molecule has 0 N–H and O–H groups in total. The van der Waals surface area contributed by atoms with Gasteiger partial charge < -0.3 is 4.90 Å². The maximum Gasteiger partial charge on any atom is 0.347 e. The molecular weight excluding hydrogens is 374 g/mol. The van der Waals surface area contributed by atoms with Crippen LogP contribution in [0.4, 0.5) is 0 Å². The van der Waals surface area contributed by atoms with Crippen LogP contribution in [0, 0.1) is 0 Å². The third-order valence-corrected chi connectivity index (χ3v) is 5.88. The summed E-state index contributed by atoms with van der Waals surface area (Å²) >= 11 is 0. The van der Waals surface area contributed by atoms with E-state index in [4.69, 9.17) is 0 Å². The minimum absolute atomic E-state index is 0.190. The molecule has 0 radical (unpaired) electrons. The van der Waals surface area contributed by atoms with Gasteiger partial charge in [-0.25, -0.2) is 14.8 Å². The highest BCUT2D eigenvalue weighted by Gasteiger charge is 2.11. The average Bonchev–Trinajstić information content (AvgIpc) is 3.23. The molecule has 1 fully saturated rings. The molecule has 2 aromatic carbocycles. The number of benzene rings is 2. The molecule has 0 aliphatic carbocycles. The lowest BCUT2D eigenvalue weighted by molar-refractivity contribution is 0.219. The fourth-order valence-electron chi connectivity index (χ4n) is 4.18. The zero-order chi connectivity index (χ0) is 20.3. The van der Waals surface area contributed by atoms with Crippen LogP contribution >= 0.6 is 0 Å². The summed E-state index contributed by atoms with van der Waals surface area (Å²) in [5.74, 6) is 0. The smallest absolute Gasteiger partial charge is 0.302 e. The van der Waals surface area contributed by atoms with Crippen molar-refractivity contribution in [3.63, 3.8) is 0 Å². The van der Waals surface area contributed by atoms with E-state index >= 15 is 0 Å². The number of nitrogens with zero attached hydrogens (tertiary/aromatic N) is 5. The number of rotatable bonds is 5. The van der Waals surface area contributed by atoms with Crippen LogP contribution in [0.5, 0.6) is 0 Å². The highest BCUT2D eigenvalue weighted by Crippen LogP contribution is 2.24. The fraction of sp³-hybridized carbons (Fsp3) is 0.292. The Morgan fingerprint density at radius 3 is 2.53 bits per heavy atom. The summed E-state index contributed by atoms with van der Waals surface area (Å²) < 4.78 is 3.81. The number of para-hydroxylation sites is 1. The lowest BCUT2D eigenvalue weighted by atomic mass is 10.1. The van der Waals surface area contributed by atoms with E-state index in [9.17, 15) is 4.79 Å². The second-order valence-electron chi connectivity index (χ2n) is 7.87. The molecule has 0 saturated carbocycles. The van der Waals surface area contributed by atoms with Gasteiger partial charge in [0.1, 0.15) is 6.33 Å². The van der Waals surface area contributed by atoms with E-state index < -0.39 is 0 Å². The first-order chi connectivity index (χ1) is 14.8. The lowest BCUT2D eigenvalue weighted by Crippen LogP contribution is -2.35. The van der Waals surface area contributed by atoms with E-state index in [1.54, 1.807) is 10.8 Å². The van der Waals surface area contributed by atoms with Gasteiger partial charge in [0.15, 0.2) is 0 Å². The molecule has 4 aromatic rings. The van der Waals surface area contributed by atoms with Crippen LogP contribution < -0.4 is 5.69 Å². The van der Waals surface area contributed by atoms with Crippen LogP contribution in [-0.2, 0) is 6.54 Å². The number of piperidine rings is 1. The third-order valence-electron chi connectivity index (χ3n) is 5.88. The zero-order valence-corrected chi connectivity index (χ0v) is 16.9. The minimum Gasteiger partial charge on any atom is -0.302 e. The van der Waals surface area contributed by atoms with Crippen LogP contribution in [-0.4, -0.2) is 43.6 Å². The number of fused-ring (bicyclic) bond motifs is 1. The van der Waals surface area contributed by atoms with Gasteiger partial charge >= 0.3 is 5.69 Å². The standard InChI is InChI=1S/C24H25N5O/c30-24-25-16-20(17-28(24)14-13-27-11-5-2-6-12-27)19-9-10-23-22(15-19)26-18-29(23)21-7-3-1-4-8-21/h1,3-4,7-10,15-18H,2,5-6,11-14H2. The fourth-order valence-corrected chi connectivity index (χ4v) is 4.18. The van der Waals surface area contributed by atoms with Crippen LogP contribution in [0.15, 0.2) is 72.0 Å². The molecule has 2 aromatic heterocycles. The van der Waals surface area contributed by atoms with Crippen molar-refractivity contribution in [3.8, 4) is 16.8 Å². The van der Waals surface area contributed by atoms with Crippen molar-refractivity contribution in [2.75, 3.05) is 19.6 Å². The Labute approximate surface area is 175 Å². The van der Waals surface area contributed by atoms with E-state index in [0.29, 0.717) is 6.54 Å².